The van der Waals surface area contributed by atoms with Gasteiger partial charge in [-0.2, -0.15) is 5.10 Å². The smallest absolute Gasteiger partial charge is 0.315 e. The summed E-state index contributed by atoms with van der Waals surface area (Å²) in [6, 6.07) is 14.7. The number of carbonyl (C=O) groups is 2. The van der Waals surface area contributed by atoms with Crippen LogP contribution in [-0.2, 0) is 14.3 Å². The lowest BCUT2D eigenvalue weighted by atomic mass is 9.75. The van der Waals surface area contributed by atoms with E-state index in [2.05, 4.69) is 26.4 Å². The molecule has 2 heterocycles. The normalized spacial score (nSPS) is 17.0. The minimum absolute atomic E-state index is 0.197. The summed E-state index contributed by atoms with van der Waals surface area (Å²) >= 11 is 0. The highest BCUT2D eigenvalue weighted by molar-refractivity contribution is 6.11. The van der Waals surface area contributed by atoms with E-state index in [1.54, 1.807) is 56.3 Å². The fraction of sp³-hybridized carbons (Fsp3) is 0.179. The van der Waals surface area contributed by atoms with Crippen LogP contribution >= 0.6 is 0 Å². The molecule has 9 heteroatoms. The molecule has 4 rings (SSSR count). The number of anilines is 1. The zero-order valence-electron chi connectivity index (χ0n) is 20.4. The molecule has 1 aliphatic rings. The lowest BCUT2D eigenvalue weighted by molar-refractivity contribution is -0.143. The number of rotatable bonds is 5. The molecule has 0 radical (unpaired) electrons. The van der Waals surface area contributed by atoms with Gasteiger partial charge in [0.25, 0.3) is 11.5 Å². The van der Waals surface area contributed by atoms with Gasteiger partial charge in [0.15, 0.2) is 0 Å². The third-order valence-corrected chi connectivity index (χ3v) is 6.14. The van der Waals surface area contributed by atoms with E-state index >= 15 is 0 Å². The number of terminal acetylenes is 1. The van der Waals surface area contributed by atoms with Gasteiger partial charge >= 0.3 is 5.97 Å². The Labute approximate surface area is 212 Å². The zero-order chi connectivity index (χ0) is 26.7. The lowest BCUT2D eigenvalue weighted by Gasteiger charge is -2.31. The first-order valence-electron chi connectivity index (χ1n) is 11.3. The summed E-state index contributed by atoms with van der Waals surface area (Å²) in [4.78, 5) is 42.2. The summed E-state index contributed by atoms with van der Waals surface area (Å²) in [5.41, 5.74) is 3.32. The van der Waals surface area contributed by atoms with Gasteiger partial charge in [-0.15, -0.1) is 6.42 Å². The molecule has 2 unspecified atom stereocenters. The Hall–Kier alpha value is -4.97. The van der Waals surface area contributed by atoms with Crippen molar-refractivity contribution in [2.24, 2.45) is 10.9 Å². The van der Waals surface area contributed by atoms with Crippen LogP contribution in [0.25, 0.3) is 11.3 Å². The van der Waals surface area contributed by atoms with Crippen LogP contribution in [0.3, 0.4) is 0 Å². The summed E-state index contributed by atoms with van der Waals surface area (Å²) in [7, 11) is 1.30. The molecule has 0 fully saturated rings. The van der Waals surface area contributed by atoms with E-state index in [1.807, 2.05) is 6.07 Å². The Morgan fingerprint density at radius 1 is 1.14 bits per heavy atom. The molecule has 3 aromatic rings. The Morgan fingerprint density at radius 2 is 1.86 bits per heavy atom. The molecule has 1 amide bonds. The molecule has 3 N–H and O–H groups in total. The van der Waals surface area contributed by atoms with E-state index in [9.17, 15) is 19.5 Å². The number of aromatic hydroxyl groups is 1. The molecule has 186 valence electrons. The fourth-order valence-electron chi connectivity index (χ4n) is 4.46. The first-order valence-corrected chi connectivity index (χ1v) is 11.3. The van der Waals surface area contributed by atoms with E-state index in [0.29, 0.717) is 39.4 Å². The molecule has 0 saturated carbocycles. The van der Waals surface area contributed by atoms with Crippen molar-refractivity contribution in [2.45, 2.75) is 19.8 Å². The number of ether oxygens (including phenoxy) is 1. The average Bonchev–Trinajstić information content (AvgIpc) is 2.88. The second kappa shape index (κ2) is 10.3. The molecule has 9 nitrogen and oxygen atoms in total. The van der Waals surface area contributed by atoms with E-state index in [4.69, 9.17) is 11.2 Å². The third kappa shape index (κ3) is 5.04. The van der Waals surface area contributed by atoms with Crippen molar-refractivity contribution in [3.8, 4) is 29.4 Å². The van der Waals surface area contributed by atoms with Gasteiger partial charge in [0.2, 0.25) is 0 Å². The minimum atomic E-state index is -0.806. The molecule has 0 spiro atoms. The van der Waals surface area contributed by atoms with Crippen molar-refractivity contribution in [2.75, 3.05) is 12.4 Å². The van der Waals surface area contributed by atoms with Gasteiger partial charge in [-0.05, 0) is 43.7 Å². The Morgan fingerprint density at radius 3 is 2.51 bits per heavy atom. The molecule has 37 heavy (non-hydrogen) atoms. The number of benzene rings is 2. The van der Waals surface area contributed by atoms with Gasteiger partial charge in [0.05, 0.1) is 7.11 Å². The number of esters is 1. The molecular formula is C28H24N4O5. The maximum Gasteiger partial charge on any atom is 0.315 e. The number of aromatic amines is 1. The van der Waals surface area contributed by atoms with Gasteiger partial charge in [0.1, 0.15) is 17.4 Å². The fourth-order valence-corrected chi connectivity index (χ4v) is 4.46. The van der Waals surface area contributed by atoms with Crippen molar-refractivity contribution in [3.05, 3.63) is 87.3 Å². The number of H-pyrrole nitrogens is 1. The van der Waals surface area contributed by atoms with Crippen molar-refractivity contribution in [1.82, 2.24) is 10.2 Å². The van der Waals surface area contributed by atoms with Crippen molar-refractivity contribution in [3.63, 3.8) is 0 Å². The average molecular weight is 497 g/mol. The van der Waals surface area contributed by atoms with Crippen LogP contribution in [0.15, 0.2) is 75.7 Å². The van der Waals surface area contributed by atoms with Crippen LogP contribution in [0.5, 0.6) is 5.75 Å². The molecule has 1 aromatic heterocycles. The summed E-state index contributed by atoms with van der Waals surface area (Å²) in [6.45, 7) is 3.45. The highest BCUT2D eigenvalue weighted by Gasteiger charge is 2.41. The van der Waals surface area contributed by atoms with Crippen LogP contribution in [0.4, 0.5) is 5.69 Å². The second-order valence-electron chi connectivity index (χ2n) is 8.50. The number of aliphatic imine (C=N–C) groups is 1. The number of carbonyl (C=O) groups excluding carboxylic acids is 2. The standard InChI is InChI=1S/C28H24N4O5/c1-5-17-7-6-8-19(13-17)25-23(15(2)29-16(3)24(25)28(36)37-4)27(35)30-20-11-9-18(10-12-20)26-21(33)14-22(34)31-32-26/h1,6-14,24-25H,2-4H3,(H,30,35)(H2,31,33,34). The maximum absolute atomic E-state index is 13.6. The van der Waals surface area contributed by atoms with Gasteiger partial charge in [-0.25, -0.2) is 5.10 Å². The number of aromatic nitrogens is 2. The van der Waals surface area contributed by atoms with Gasteiger partial charge in [-0.3, -0.25) is 19.4 Å². The first kappa shape index (κ1) is 25.1. The number of nitrogens with one attached hydrogen (secondary N) is 2. The highest BCUT2D eigenvalue weighted by Crippen LogP contribution is 2.40. The van der Waals surface area contributed by atoms with Crippen molar-refractivity contribution >= 4 is 23.3 Å². The first-order chi connectivity index (χ1) is 17.7. The lowest BCUT2D eigenvalue weighted by Crippen LogP contribution is -2.37. The van der Waals surface area contributed by atoms with Gasteiger partial charge < -0.3 is 15.2 Å². The molecule has 2 aromatic carbocycles. The predicted molar refractivity (Wildman–Crippen MR) is 139 cm³/mol. The highest BCUT2D eigenvalue weighted by atomic mass is 16.5. The number of hydrogen-bond donors (Lipinski definition) is 3. The summed E-state index contributed by atoms with van der Waals surface area (Å²) in [5.74, 6) is -0.0841. The van der Waals surface area contributed by atoms with E-state index < -0.39 is 29.3 Å². The largest absolute Gasteiger partial charge is 0.505 e. The number of nitrogens with zero attached hydrogens (tertiary/aromatic N) is 2. The van der Waals surface area contributed by atoms with E-state index in [-0.39, 0.29) is 11.4 Å². The number of methoxy groups -OCH3 is 1. The summed E-state index contributed by atoms with van der Waals surface area (Å²) in [5, 5.41) is 19.0. The quantitative estimate of drug-likeness (QED) is 0.366. The number of hydrogen-bond acceptors (Lipinski definition) is 7. The molecule has 0 aliphatic carbocycles. The number of amides is 1. The van der Waals surface area contributed by atoms with Gasteiger partial charge in [0, 0.05) is 45.8 Å². The Bertz CT molecular complexity index is 1540. The molecular weight excluding hydrogens is 472 g/mol. The van der Waals surface area contributed by atoms with E-state index in [1.165, 1.54) is 7.11 Å². The second-order valence-corrected chi connectivity index (χ2v) is 8.50. The maximum atomic E-state index is 13.6. The number of allylic oxidation sites excluding steroid dienone is 1. The summed E-state index contributed by atoms with van der Waals surface area (Å²) < 4.78 is 5.06. The Balaban J connectivity index is 1.70. The van der Waals surface area contributed by atoms with Crippen LogP contribution in [-0.4, -0.2) is 40.0 Å². The van der Waals surface area contributed by atoms with Gasteiger partial charge in [-0.1, -0.05) is 30.2 Å². The van der Waals surface area contributed by atoms with Crippen LogP contribution < -0.4 is 10.9 Å². The van der Waals surface area contributed by atoms with Crippen LogP contribution in [0.2, 0.25) is 0 Å². The minimum Gasteiger partial charge on any atom is -0.505 e. The molecule has 0 bridgehead atoms. The third-order valence-electron chi connectivity index (χ3n) is 6.14. The molecule has 1 aliphatic heterocycles. The monoisotopic (exact) mass is 496 g/mol. The van der Waals surface area contributed by atoms with Crippen LogP contribution in [0.1, 0.15) is 30.9 Å². The van der Waals surface area contributed by atoms with Crippen LogP contribution in [0, 0.1) is 18.3 Å². The zero-order valence-corrected chi connectivity index (χ0v) is 20.4. The van der Waals surface area contributed by atoms with Crippen molar-refractivity contribution in [1.29, 1.82) is 0 Å². The molecule has 2 atom stereocenters. The van der Waals surface area contributed by atoms with E-state index in [0.717, 1.165) is 6.07 Å². The summed E-state index contributed by atoms with van der Waals surface area (Å²) in [6.07, 6.45) is 5.60. The van der Waals surface area contributed by atoms with Crippen molar-refractivity contribution < 1.29 is 19.4 Å². The Kier molecular flexibility index (Phi) is 7.02. The SMILES string of the molecule is C#Cc1cccc(C2C(C(=O)Nc3ccc(-c4n[nH]c(=O)cc4O)cc3)=C(C)N=C(C)C2C(=O)OC)c1. The topological polar surface area (TPSA) is 134 Å². The molecule has 0 saturated heterocycles. The predicted octanol–water partition coefficient (Wildman–Crippen LogP) is 3.38.